The van der Waals surface area contributed by atoms with E-state index in [4.69, 9.17) is 0 Å². The molecule has 150 valence electrons. The molecule has 1 aliphatic rings. The lowest BCUT2D eigenvalue weighted by molar-refractivity contribution is 0.515. The topological polar surface area (TPSA) is 92.5 Å². The summed E-state index contributed by atoms with van der Waals surface area (Å²) in [5, 5.41) is 35.0. The molecule has 8 heteroatoms. The highest BCUT2D eigenvalue weighted by molar-refractivity contribution is 7.19. The third-order valence-corrected chi connectivity index (χ3v) is 6.58. The average molecular weight is 417 g/mol. The molecular weight excluding hydrogens is 396 g/mol. The van der Waals surface area contributed by atoms with E-state index in [-0.39, 0.29) is 11.3 Å². The van der Waals surface area contributed by atoms with Gasteiger partial charge in [-0.15, -0.1) is 21.5 Å². The molecule has 0 aliphatic carbocycles. The van der Waals surface area contributed by atoms with Gasteiger partial charge >= 0.3 is 0 Å². The summed E-state index contributed by atoms with van der Waals surface area (Å²) in [6, 6.07) is 13.9. The van der Waals surface area contributed by atoms with Gasteiger partial charge in [-0.05, 0) is 38.0 Å². The molecule has 7 nitrogen and oxygen atoms in total. The number of rotatable bonds is 3. The minimum absolute atomic E-state index is 0.0582. The molecule has 3 aromatic heterocycles. The van der Waals surface area contributed by atoms with Gasteiger partial charge in [-0.2, -0.15) is 10.4 Å². The molecular formula is C22H20N6OS. The number of aliphatic hydroxyl groups is 1. The van der Waals surface area contributed by atoms with Gasteiger partial charge in [0.05, 0.1) is 16.3 Å². The number of benzene rings is 1. The SMILES string of the molecule is Cc1nn(-c2ccccc2)c2sc(/C(O)=C(\C#N)c3nnc4n3CCCCC4)cc12. The Morgan fingerprint density at radius 1 is 1.17 bits per heavy atom. The van der Waals surface area contributed by atoms with Crippen LogP contribution in [0.1, 0.15) is 41.5 Å². The zero-order valence-corrected chi connectivity index (χ0v) is 17.4. The van der Waals surface area contributed by atoms with E-state index in [2.05, 4.69) is 21.4 Å². The van der Waals surface area contributed by atoms with Gasteiger partial charge in [0.25, 0.3) is 0 Å². The number of aliphatic hydroxyl groups excluding tert-OH is 1. The maximum absolute atomic E-state index is 11.1. The van der Waals surface area contributed by atoms with Crippen LogP contribution < -0.4 is 0 Å². The standard InChI is InChI=1S/C22H20N6OS/c1-14-16-12-18(30-22(16)28(26-14)15-8-4-2-5-9-15)20(29)17(13-23)21-25-24-19-10-6-3-7-11-27(19)21/h2,4-5,8-9,12,29H,3,6-7,10-11H2,1H3/b20-17-. The van der Waals surface area contributed by atoms with Crippen LogP contribution in [0, 0.1) is 18.3 Å². The smallest absolute Gasteiger partial charge is 0.178 e. The maximum atomic E-state index is 11.1. The largest absolute Gasteiger partial charge is 0.505 e. The van der Waals surface area contributed by atoms with Crippen LogP contribution in [-0.2, 0) is 13.0 Å². The minimum atomic E-state index is -0.0582. The summed E-state index contributed by atoms with van der Waals surface area (Å²) in [4.78, 5) is 1.55. The molecule has 0 fully saturated rings. The highest BCUT2D eigenvalue weighted by atomic mass is 32.1. The third kappa shape index (κ3) is 2.99. The second-order valence-corrected chi connectivity index (χ2v) is 8.43. The molecule has 4 heterocycles. The number of aryl methyl sites for hydroxylation is 2. The van der Waals surface area contributed by atoms with E-state index >= 15 is 0 Å². The van der Waals surface area contributed by atoms with Crippen LogP contribution in [0.15, 0.2) is 36.4 Å². The Kier molecular flexibility index (Phi) is 4.60. The lowest BCUT2D eigenvalue weighted by atomic mass is 10.2. The van der Waals surface area contributed by atoms with Gasteiger partial charge in [0, 0.05) is 18.4 Å². The van der Waals surface area contributed by atoms with Crippen molar-refractivity contribution in [2.24, 2.45) is 0 Å². The van der Waals surface area contributed by atoms with Gasteiger partial charge in [-0.25, -0.2) is 4.68 Å². The number of nitriles is 1. The van der Waals surface area contributed by atoms with Crippen molar-refractivity contribution in [2.75, 3.05) is 0 Å². The molecule has 0 bridgehead atoms. The molecule has 4 aromatic rings. The quantitative estimate of drug-likeness (QED) is 0.387. The molecule has 0 saturated carbocycles. The Morgan fingerprint density at radius 2 is 2.00 bits per heavy atom. The normalized spacial score (nSPS) is 14.8. The number of thiophene rings is 1. The van der Waals surface area contributed by atoms with E-state index < -0.39 is 0 Å². The van der Waals surface area contributed by atoms with Crippen molar-refractivity contribution < 1.29 is 5.11 Å². The van der Waals surface area contributed by atoms with Crippen LogP contribution in [0.5, 0.6) is 0 Å². The van der Waals surface area contributed by atoms with E-state index in [0.717, 1.165) is 59.7 Å². The molecule has 0 amide bonds. The summed E-state index contributed by atoms with van der Waals surface area (Å²) < 4.78 is 3.85. The second kappa shape index (κ2) is 7.43. The number of allylic oxidation sites excluding steroid dienone is 1. The molecule has 0 atom stereocenters. The minimum Gasteiger partial charge on any atom is -0.505 e. The predicted molar refractivity (Wildman–Crippen MR) is 116 cm³/mol. The molecule has 0 unspecified atom stereocenters. The van der Waals surface area contributed by atoms with E-state index in [9.17, 15) is 10.4 Å². The number of aromatic nitrogens is 5. The van der Waals surface area contributed by atoms with E-state index in [0.29, 0.717) is 10.7 Å². The molecule has 30 heavy (non-hydrogen) atoms. The van der Waals surface area contributed by atoms with Crippen LogP contribution in [0.4, 0.5) is 0 Å². The lowest BCUT2D eigenvalue weighted by Gasteiger charge is -2.07. The summed E-state index contributed by atoms with van der Waals surface area (Å²) in [5.41, 5.74) is 1.99. The first kappa shape index (κ1) is 18.6. The van der Waals surface area contributed by atoms with Crippen molar-refractivity contribution in [1.82, 2.24) is 24.5 Å². The van der Waals surface area contributed by atoms with Crippen LogP contribution in [-0.4, -0.2) is 29.7 Å². The van der Waals surface area contributed by atoms with Gasteiger partial charge in [0.1, 0.15) is 22.3 Å². The Labute approximate surface area is 177 Å². The Balaban J connectivity index is 1.64. The van der Waals surface area contributed by atoms with Gasteiger partial charge in [0.2, 0.25) is 0 Å². The van der Waals surface area contributed by atoms with Crippen molar-refractivity contribution in [3.63, 3.8) is 0 Å². The number of fused-ring (bicyclic) bond motifs is 2. The maximum Gasteiger partial charge on any atom is 0.178 e. The zero-order chi connectivity index (χ0) is 20.7. The number of hydrogen-bond acceptors (Lipinski definition) is 6. The van der Waals surface area contributed by atoms with Crippen molar-refractivity contribution in [1.29, 1.82) is 5.26 Å². The molecule has 1 aromatic carbocycles. The molecule has 0 radical (unpaired) electrons. The Morgan fingerprint density at radius 3 is 2.80 bits per heavy atom. The van der Waals surface area contributed by atoms with Gasteiger partial charge < -0.3 is 9.67 Å². The monoisotopic (exact) mass is 416 g/mol. The number of nitrogens with zero attached hydrogens (tertiary/aromatic N) is 6. The van der Waals surface area contributed by atoms with E-state index in [1.807, 2.05) is 52.6 Å². The van der Waals surface area contributed by atoms with Crippen molar-refractivity contribution in [2.45, 2.75) is 39.2 Å². The van der Waals surface area contributed by atoms with Crippen LogP contribution in [0.2, 0.25) is 0 Å². The summed E-state index contributed by atoms with van der Waals surface area (Å²) in [5.74, 6) is 1.28. The lowest BCUT2D eigenvalue weighted by Crippen LogP contribution is -2.06. The summed E-state index contributed by atoms with van der Waals surface area (Å²) >= 11 is 1.41. The van der Waals surface area contributed by atoms with Gasteiger partial charge in [0.15, 0.2) is 11.6 Å². The summed E-state index contributed by atoms with van der Waals surface area (Å²) in [6.07, 6.45) is 4.07. The Bertz CT molecular complexity index is 1300. The summed E-state index contributed by atoms with van der Waals surface area (Å²) in [7, 11) is 0. The van der Waals surface area contributed by atoms with Crippen LogP contribution in [0.3, 0.4) is 0 Å². The van der Waals surface area contributed by atoms with E-state index in [1.165, 1.54) is 11.3 Å². The van der Waals surface area contributed by atoms with Crippen molar-refractivity contribution >= 4 is 32.9 Å². The fourth-order valence-electron chi connectivity index (χ4n) is 3.91. The molecule has 1 N–H and O–H groups in total. The first-order chi connectivity index (χ1) is 14.7. The number of para-hydroxylation sites is 1. The zero-order valence-electron chi connectivity index (χ0n) is 16.5. The average Bonchev–Trinajstić information content (AvgIpc) is 3.40. The highest BCUT2D eigenvalue weighted by Crippen LogP contribution is 2.36. The van der Waals surface area contributed by atoms with E-state index in [1.54, 1.807) is 0 Å². The molecule has 0 spiro atoms. The fourth-order valence-corrected chi connectivity index (χ4v) is 5.04. The molecule has 5 rings (SSSR count). The second-order valence-electron chi connectivity index (χ2n) is 7.40. The third-order valence-electron chi connectivity index (χ3n) is 5.46. The van der Waals surface area contributed by atoms with Crippen LogP contribution in [0.25, 0.3) is 27.2 Å². The first-order valence-corrected chi connectivity index (χ1v) is 10.8. The molecule has 0 saturated heterocycles. The van der Waals surface area contributed by atoms with Crippen LogP contribution >= 0.6 is 11.3 Å². The highest BCUT2D eigenvalue weighted by Gasteiger charge is 2.23. The van der Waals surface area contributed by atoms with Gasteiger partial charge in [-0.3, -0.25) is 0 Å². The number of hydrogen-bond donors (Lipinski definition) is 1. The van der Waals surface area contributed by atoms with Gasteiger partial charge in [-0.1, -0.05) is 24.6 Å². The molecule has 1 aliphatic heterocycles. The summed E-state index contributed by atoms with van der Waals surface area (Å²) in [6.45, 7) is 2.72. The first-order valence-electron chi connectivity index (χ1n) is 9.98. The predicted octanol–water partition coefficient (Wildman–Crippen LogP) is 4.66. The van der Waals surface area contributed by atoms with Crippen molar-refractivity contribution in [3.05, 3.63) is 58.6 Å². The van der Waals surface area contributed by atoms with Crippen molar-refractivity contribution in [3.8, 4) is 11.8 Å². The fraction of sp³-hybridized carbons (Fsp3) is 0.273. The Hall–Kier alpha value is -3.44.